The molecule has 0 radical (unpaired) electrons. The first-order valence-electron chi connectivity index (χ1n) is 15.4. The highest BCUT2D eigenvalue weighted by molar-refractivity contribution is 7.92. The van der Waals surface area contributed by atoms with Gasteiger partial charge in [0.25, 0.3) is 10.0 Å². The fourth-order valence-electron chi connectivity index (χ4n) is 5.03. The van der Waals surface area contributed by atoms with E-state index in [1.807, 2.05) is 86.6 Å². The summed E-state index contributed by atoms with van der Waals surface area (Å²) in [4.78, 5) is 29.9. The maximum absolute atomic E-state index is 14.5. The standard InChI is InChI=1S/C37H43N3O4S/c1-28(2)25-38-37(42)35(24-30-14-8-5-9-15-30)39(26-31-16-10-6-11-17-31)36(41)27-40(33-22-20-32(21-23-33)29(3)4)45(43,44)34-18-12-7-13-19-34/h5-23,28-29,35H,24-27H2,1-4H3,(H,38,42). The third kappa shape index (κ3) is 9.05. The summed E-state index contributed by atoms with van der Waals surface area (Å²) in [5.41, 5.74) is 3.16. The van der Waals surface area contributed by atoms with Crippen molar-refractivity contribution >= 4 is 27.5 Å². The minimum absolute atomic E-state index is 0.0795. The van der Waals surface area contributed by atoms with E-state index in [1.54, 1.807) is 30.3 Å². The van der Waals surface area contributed by atoms with E-state index in [4.69, 9.17) is 0 Å². The summed E-state index contributed by atoms with van der Waals surface area (Å²) >= 11 is 0. The third-order valence-electron chi connectivity index (χ3n) is 7.61. The summed E-state index contributed by atoms with van der Waals surface area (Å²) in [5, 5.41) is 3.02. The second-order valence-electron chi connectivity index (χ2n) is 11.9. The summed E-state index contributed by atoms with van der Waals surface area (Å²) in [6, 6.07) is 33.5. The molecule has 7 nitrogen and oxygen atoms in total. The first-order valence-corrected chi connectivity index (χ1v) is 16.8. The number of amides is 2. The minimum Gasteiger partial charge on any atom is -0.354 e. The molecule has 0 heterocycles. The van der Waals surface area contributed by atoms with Crippen LogP contribution in [-0.4, -0.2) is 44.3 Å². The number of nitrogens with zero attached hydrogens (tertiary/aromatic N) is 2. The number of hydrogen-bond donors (Lipinski definition) is 1. The quantitative estimate of drug-likeness (QED) is 0.175. The molecule has 1 atom stereocenters. The molecule has 0 saturated heterocycles. The molecule has 1 N–H and O–H groups in total. The molecule has 0 aliphatic rings. The number of hydrogen-bond acceptors (Lipinski definition) is 4. The summed E-state index contributed by atoms with van der Waals surface area (Å²) < 4.78 is 29.4. The molecule has 0 aliphatic carbocycles. The van der Waals surface area contributed by atoms with Gasteiger partial charge in [0.1, 0.15) is 12.6 Å². The van der Waals surface area contributed by atoms with Gasteiger partial charge in [0.2, 0.25) is 11.8 Å². The van der Waals surface area contributed by atoms with Gasteiger partial charge in [0, 0.05) is 19.5 Å². The van der Waals surface area contributed by atoms with Crippen molar-refractivity contribution < 1.29 is 18.0 Å². The predicted molar refractivity (Wildman–Crippen MR) is 180 cm³/mol. The van der Waals surface area contributed by atoms with E-state index in [2.05, 4.69) is 19.2 Å². The van der Waals surface area contributed by atoms with Crippen molar-refractivity contribution in [1.29, 1.82) is 0 Å². The highest BCUT2D eigenvalue weighted by atomic mass is 32.2. The number of benzene rings is 4. The Bertz CT molecular complexity index is 1630. The Kier molecular flexibility index (Phi) is 11.5. The highest BCUT2D eigenvalue weighted by Crippen LogP contribution is 2.27. The second-order valence-corrected chi connectivity index (χ2v) is 13.8. The SMILES string of the molecule is CC(C)CNC(=O)C(Cc1ccccc1)N(Cc1ccccc1)C(=O)CN(c1ccc(C(C)C)cc1)S(=O)(=O)c1ccccc1. The average molecular weight is 626 g/mol. The van der Waals surface area contributed by atoms with Crippen LogP contribution in [0.2, 0.25) is 0 Å². The van der Waals surface area contributed by atoms with Gasteiger partial charge in [-0.3, -0.25) is 13.9 Å². The Morgan fingerprint density at radius 1 is 0.711 bits per heavy atom. The molecule has 4 rings (SSSR count). The molecule has 0 saturated carbocycles. The lowest BCUT2D eigenvalue weighted by Crippen LogP contribution is -2.53. The van der Waals surface area contributed by atoms with Crippen LogP contribution in [-0.2, 0) is 32.6 Å². The van der Waals surface area contributed by atoms with Crippen molar-refractivity contribution in [1.82, 2.24) is 10.2 Å². The first kappa shape index (κ1) is 33.5. The van der Waals surface area contributed by atoms with Crippen molar-refractivity contribution in [2.75, 3.05) is 17.4 Å². The molecule has 1 unspecified atom stereocenters. The number of rotatable bonds is 14. The lowest BCUT2D eigenvalue weighted by atomic mass is 10.0. The van der Waals surface area contributed by atoms with Crippen LogP contribution in [0, 0.1) is 5.92 Å². The molecule has 4 aromatic carbocycles. The van der Waals surface area contributed by atoms with Crippen molar-refractivity contribution in [3.63, 3.8) is 0 Å². The summed E-state index contributed by atoms with van der Waals surface area (Å²) in [5.74, 6) is -0.295. The van der Waals surface area contributed by atoms with E-state index in [-0.39, 0.29) is 35.6 Å². The molecule has 0 spiro atoms. The summed E-state index contributed by atoms with van der Waals surface area (Å²) in [6.45, 7) is 8.26. The van der Waals surface area contributed by atoms with Crippen molar-refractivity contribution in [3.05, 3.63) is 132 Å². The third-order valence-corrected chi connectivity index (χ3v) is 9.40. The zero-order valence-electron chi connectivity index (χ0n) is 26.5. The Morgan fingerprint density at radius 3 is 1.78 bits per heavy atom. The van der Waals surface area contributed by atoms with Crippen molar-refractivity contribution in [2.45, 2.75) is 57.5 Å². The number of nitrogens with one attached hydrogen (secondary N) is 1. The van der Waals surface area contributed by atoms with Crippen LogP contribution < -0.4 is 9.62 Å². The van der Waals surface area contributed by atoms with Gasteiger partial charge in [-0.2, -0.15) is 0 Å². The van der Waals surface area contributed by atoms with Gasteiger partial charge in [-0.05, 0) is 52.8 Å². The Balaban J connectivity index is 1.78. The van der Waals surface area contributed by atoms with E-state index in [0.29, 0.717) is 12.2 Å². The number of sulfonamides is 1. The van der Waals surface area contributed by atoms with Crippen LogP contribution in [0.4, 0.5) is 5.69 Å². The summed E-state index contributed by atoms with van der Waals surface area (Å²) in [6.07, 6.45) is 0.276. The monoisotopic (exact) mass is 625 g/mol. The van der Waals surface area contributed by atoms with E-state index >= 15 is 0 Å². The van der Waals surface area contributed by atoms with E-state index in [0.717, 1.165) is 21.0 Å². The van der Waals surface area contributed by atoms with Crippen LogP contribution in [0.3, 0.4) is 0 Å². The molecule has 0 fully saturated rings. The average Bonchev–Trinajstić information content (AvgIpc) is 3.05. The molecule has 45 heavy (non-hydrogen) atoms. The second kappa shape index (κ2) is 15.5. The van der Waals surface area contributed by atoms with Gasteiger partial charge >= 0.3 is 0 Å². The van der Waals surface area contributed by atoms with E-state index in [1.165, 1.54) is 17.0 Å². The fraction of sp³-hybridized carbons (Fsp3) is 0.297. The topological polar surface area (TPSA) is 86.8 Å². The molecule has 2 amide bonds. The van der Waals surface area contributed by atoms with Gasteiger partial charge in [0.05, 0.1) is 10.6 Å². The zero-order chi connectivity index (χ0) is 32.4. The number of carbonyl (C=O) groups excluding carboxylic acids is 2. The van der Waals surface area contributed by atoms with Gasteiger partial charge in [-0.25, -0.2) is 8.42 Å². The highest BCUT2D eigenvalue weighted by Gasteiger charge is 2.34. The summed E-state index contributed by atoms with van der Waals surface area (Å²) in [7, 11) is -4.13. The van der Waals surface area contributed by atoms with Crippen LogP contribution in [0.15, 0.2) is 120 Å². The largest absolute Gasteiger partial charge is 0.354 e. The lowest BCUT2D eigenvalue weighted by Gasteiger charge is -2.34. The zero-order valence-corrected chi connectivity index (χ0v) is 27.3. The minimum atomic E-state index is -4.13. The van der Waals surface area contributed by atoms with E-state index < -0.39 is 28.5 Å². The molecule has 0 bridgehead atoms. The molecular weight excluding hydrogens is 582 g/mol. The molecule has 8 heteroatoms. The molecule has 236 valence electrons. The van der Waals surface area contributed by atoms with Gasteiger partial charge in [-0.15, -0.1) is 0 Å². The number of carbonyl (C=O) groups is 2. The molecular formula is C37H43N3O4S. The normalized spacial score (nSPS) is 12.1. The van der Waals surface area contributed by atoms with E-state index in [9.17, 15) is 18.0 Å². The van der Waals surface area contributed by atoms with Gasteiger partial charge < -0.3 is 10.2 Å². The lowest BCUT2D eigenvalue weighted by molar-refractivity contribution is -0.140. The van der Waals surface area contributed by atoms with Crippen LogP contribution in [0.25, 0.3) is 0 Å². The molecule has 4 aromatic rings. The van der Waals surface area contributed by atoms with Crippen molar-refractivity contribution in [3.8, 4) is 0 Å². The van der Waals surface area contributed by atoms with Gasteiger partial charge in [0.15, 0.2) is 0 Å². The maximum atomic E-state index is 14.5. The van der Waals surface area contributed by atoms with Gasteiger partial charge in [-0.1, -0.05) is 119 Å². The molecule has 0 aromatic heterocycles. The fourth-order valence-corrected chi connectivity index (χ4v) is 6.47. The maximum Gasteiger partial charge on any atom is 0.264 e. The Morgan fingerprint density at radius 2 is 1.24 bits per heavy atom. The first-order chi connectivity index (χ1) is 21.6. The van der Waals surface area contributed by atoms with Crippen LogP contribution in [0.1, 0.15) is 50.3 Å². The van der Waals surface area contributed by atoms with Crippen LogP contribution >= 0.6 is 0 Å². The Labute approximate surface area is 268 Å². The van der Waals surface area contributed by atoms with Crippen molar-refractivity contribution in [2.24, 2.45) is 5.92 Å². The Hall–Kier alpha value is -4.43. The molecule has 0 aliphatic heterocycles. The predicted octanol–water partition coefficient (Wildman–Crippen LogP) is 6.42. The van der Waals surface area contributed by atoms with Crippen LogP contribution in [0.5, 0.6) is 0 Å². The number of anilines is 1. The smallest absolute Gasteiger partial charge is 0.264 e.